The largest absolute Gasteiger partial charge is 0.392 e. The number of hydrogen-bond donors (Lipinski definition) is 1. The normalized spacial score (nSPS) is 15.8. The van der Waals surface area contributed by atoms with E-state index in [4.69, 9.17) is 0 Å². The monoisotopic (exact) mass is 1360 g/mol. The first-order valence-corrected chi connectivity index (χ1v) is 44.5. The van der Waals surface area contributed by atoms with E-state index in [1.165, 1.54) is 307 Å². The molecule has 0 atom stereocenters. The molecule has 4 aliphatic rings. The molecule has 1 nitrogen and oxygen atoms in total. The van der Waals surface area contributed by atoms with Crippen molar-refractivity contribution < 1.29 is 5.11 Å². The molecule has 0 spiro atoms. The van der Waals surface area contributed by atoms with Gasteiger partial charge in [0.25, 0.3) is 0 Å². The number of aliphatic hydroxyl groups excluding tert-OH is 1. The molecule has 0 aromatic heterocycles. The van der Waals surface area contributed by atoms with Crippen molar-refractivity contribution in [1.29, 1.82) is 0 Å². The molecule has 84 heavy (non-hydrogen) atoms. The smallest absolute Gasteiger partial charge is 0.0717 e. The first kappa shape index (κ1) is 76.0. The predicted octanol–water partition coefficient (Wildman–Crippen LogP) is 29.9. The van der Waals surface area contributed by atoms with Gasteiger partial charge in [-0.2, -0.15) is 0 Å². The maximum absolute atomic E-state index is 10.4. The zero-order chi connectivity index (χ0) is 59.2. The lowest BCUT2D eigenvalue weighted by molar-refractivity contribution is 0.282. The summed E-state index contributed by atoms with van der Waals surface area (Å²) in [5.41, 5.74) is 3.23. The fourth-order valence-corrected chi connectivity index (χ4v) is 27.3. The Balaban J connectivity index is 1.10. The summed E-state index contributed by atoms with van der Waals surface area (Å²) in [5, 5.41) is 15.1. The van der Waals surface area contributed by atoms with Crippen molar-refractivity contribution in [2.45, 2.75) is 291 Å². The van der Waals surface area contributed by atoms with Crippen molar-refractivity contribution in [2.24, 2.45) is 0 Å². The van der Waals surface area contributed by atoms with E-state index in [0.29, 0.717) is 0 Å². The molecule has 1 N–H and O–H groups in total. The maximum Gasteiger partial charge on any atom is 0.0717 e. The van der Waals surface area contributed by atoms with Crippen molar-refractivity contribution in [1.82, 2.24) is 0 Å². The first-order valence-electron chi connectivity index (χ1n) is 33.9. The number of aliphatic hydroxyl groups is 1. The highest BCUT2D eigenvalue weighted by atomic mass is 32.3. The zero-order valence-corrected chi connectivity index (χ0v) is 62.7. The van der Waals surface area contributed by atoms with Crippen LogP contribution in [0.3, 0.4) is 0 Å². The van der Waals surface area contributed by atoms with Gasteiger partial charge >= 0.3 is 0 Å². The molecule has 0 bridgehead atoms. The molecule has 0 aliphatic carbocycles. The van der Waals surface area contributed by atoms with Crippen molar-refractivity contribution in [2.75, 3.05) is 23.0 Å². The van der Waals surface area contributed by atoms with Gasteiger partial charge in [0, 0.05) is 9.81 Å². The number of allylic oxidation sites excluding steroid dienone is 2. The fraction of sp³-hybridized carbons (Fsp3) is 0.690. The standard InChI is InChI=1S/C71H112OS12/c1-5-9-13-17-21-25-29-33-37-41-49-73-64-65(74-50-42-38-34-30-26-22-18-14-10-6-2)82-70(81-64)68-77-57-62(79-68)47-45-59-53-60(55-61(54-59)56-72)46-48-63-58-78-69(80-63)71-83-66(75-51-43-39-35-31-27-23-19-15-11-7-3)67(84-71)76-52-44-40-36-32-28-24-20-16-12-8-4/h45-48,53-55,57-58,72H,5-44,49-52,56H2,1-4H3/b47-45+,48-46+. The molecule has 0 fully saturated rings. The molecule has 0 radical (unpaired) electrons. The van der Waals surface area contributed by atoms with Gasteiger partial charge in [0.1, 0.15) is 0 Å². The molecular formula is C71H112OS12. The molecule has 0 unspecified atom stereocenters. The van der Waals surface area contributed by atoms with Gasteiger partial charge < -0.3 is 5.11 Å². The van der Waals surface area contributed by atoms with Gasteiger partial charge in [-0.05, 0) is 107 Å². The van der Waals surface area contributed by atoms with E-state index in [1.807, 2.05) is 47.0 Å². The van der Waals surface area contributed by atoms with Crippen LogP contribution in [0.4, 0.5) is 0 Å². The molecule has 4 heterocycles. The molecule has 4 aliphatic heterocycles. The Bertz CT molecular complexity index is 1960. The van der Waals surface area contributed by atoms with Crippen molar-refractivity contribution in [3.8, 4) is 0 Å². The lowest BCUT2D eigenvalue weighted by Gasteiger charge is -2.06. The Labute approximate surface area is 568 Å². The van der Waals surface area contributed by atoms with Gasteiger partial charge in [-0.15, -0.1) is 47.0 Å². The number of hydrogen-bond acceptors (Lipinski definition) is 13. The molecule has 13 heteroatoms. The summed E-state index contributed by atoms with van der Waals surface area (Å²) in [7, 11) is 0. The number of rotatable bonds is 53. The van der Waals surface area contributed by atoms with Crippen LogP contribution >= 0.6 is 141 Å². The molecule has 5 rings (SSSR count). The fourth-order valence-electron chi connectivity index (χ4n) is 10.3. The average molecular weight is 1370 g/mol. The van der Waals surface area contributed by atoms with Crippen LogP contribution in [0.25, 0.3) is 12.2 Å². The third-order valence-electron chi connectivity index (χ3n) is 15.4. The van der Waals surface area contributed by atoms with Gasteiger partial charge in [-0.1, -0.05) is 365 Å². The van der Waals surface area contributed by atoms with Gasteiger partial charge in [0.2, 0.25) is 0 Å². The van der Waals surface area contributed by atoms with Crippen LogP contribution in [0.1, 0.15) is 301 Å². The minimum atomic E-state index is 0.0383. The summed E-state index contributed by atoms with van der Waals surface area (Å²) >= 11 is 24.4. The topological polar surface area (TPSA) is 20.2 Å². The molecule has 1 aromatic rings. The number of unbranched alkanes of at least 4 members (excludes halogenated alkanes) is 36. The molecule has 474 valence electrons. The van der Waals surface area contributed by atoms with E-state index >= 15 is 0 Å². The van der Waals surface area contributed by atoms with Crippen LogP contribution in [0, 0.1) is 0 Å². The second kappa shape index (κ2) is 51.8. The molecule has 0 saturated carbocycles. The van der Waals surface area contributed by atoms with Crippen LogP contribution in [-0.4, -0.2) is 28.1 Å². The summed E-state index contributed by atoms with van der Waals surface area (Å²) in [6.45, 7) is 9.29. The van der Waals surface area contributed by atoms with E-state index in [-0.39, 0.29) is 6.61 Å². The lowest BCUT2D eigenvalue weighted by atomic mass is 10.0. The summed E-state index contributed by atoms with van der Waals surface area (Å²) in [4.78, 5) is 2.59. The van der Waals surface area contributed by atoms with Crippen molar-refractivity contribution in [3.63, 3.8) is 0 Å². The van der Waals surface area contributed by atoms with Crippen molar-refractivity contribution in [3.05, 3.63) is 102 Å². The third-order valence-corrected chi connectivity index (χ3v) is 32.6. The summed E-state index contributed by atoms with van der Waals surface area (Å²) < 4.78 is 12.1. The minimum absolute atomic E-state index is 0.0383. The number of thioether (sulfide) groups is 12. The Morgan fingerprint density at radius 2 is 0.548 bits per heavy atom. The molecular weight excluding hydrogens is 1250 g/mol. The molecule has 0 saturated heterocycles. The highest BCUT2D eigenvalue weighted by molar-refractivity contribution is 8.43. The maximum atomic E-state index is 10.4. The summed E-state index contributed by atoms with van der Waals surface area (Å²) in [6, 6.07) is 6.56. The van der Waals surface area contributed by atoms with Gasteiger partial charge in [0.05, 0.1) is 40.5 Å². The predicted molar refractivity (Wildman–Crippen MR) is 413 cm³/mol. The van der Waals surface area contributed by atoms with Crippen LogP contribution < -0.4 is 0 Å². The average Bonchev–Trinajstić information content (AvgIpc) is 4.56. The second-order valence-corrected chi connectivity index (χ2v) is 37.6. The molecule has 0 amide bonds. The quantitative estimate of drug-likeness (QED) is 0.0626. The highest BCUT2D eigenvalue weighted by Gasteiger charge is 2.29. The lowest BCUT2D eigenvalue weighted by Crippen LogP contribution is -1.87. The van der Waals surface area contributed by atoms with Gasteiger partial charge in [0.15, 0.2) is 0 Å². The van der Waals surface area contributed by atoms with E-state index in [9.17, 15) is 5.11 Å². The minimum Gasteiger partial charge on any atom is -0.392 e. The zero-order valence-electron chi connectivity index (χ0n) is 52.9. The van der Waals surface area contributed by atoms with E-state index in [1.54, 1.807) is 16.9 Å². The van der Waals surface area contributed by atoms with Gasteiger partial charge in [-0.25, -0.2) is 0 Å². The number of benzene rings is 1. The van der Waals surface area contributed by atoms with Crippen LogP contribution in [-0.2, 0) is 6.61 Å². The highest BCUT2D eigenvalue weighted by Crippen LogP contribution is 2.64. The van der Waals surface area contributed by atoms with Crippen LogP contribution in [0.2, 0.25) is 0 Å². The Kier molecular flexibility index (Phi) is 46.8. The summed E-state index contributed by atoms with van der Waals surface area (Å²) in [5.74, 6) is 4.96. The Morgan fingerprint density at radius 3 is 0.798 bits per heavy atom. The van der Waals surface area contributed by atoms with Crippen molar-refractivity contribution >= 4 is 153 Å². The van der Waals surface area contributed by atoms with E-state index in [2.05, 4.69) is 175 Å². The Hall–Kier alpha value is 1.30. The summed E-state index contributed by atoms with van der Waals surface area (Å²) in [6.07, 6.45) is 64.9. The Morgan fingerprint density at radius 1 is 0.298 bits per heavy atom. The molecule has 1 aromatic carbocycles. The van der Waals surface area contributed by atoms with Gasteiger partial charge in [-0.3, -0.25) is 0 Å². The van der Waals surface area contributed by atoms with E-state index < -0.39 is 0 Å². The van der Waals surface area contributed by atoms with E-state index in [0.717, 1.165) is 16.7 Å². The SMILES string of the molecule is CCCCCCCCCCCCSC1=C(SCCCCCCCCCCCC)SC(=C2SC=C(/C=C/c3cc(/C=C/C4=CSC(=C5SC(SCCCCCCCCCCCC)=C(SCCCCCCCCCCCC)S5)S4)cc(CO)c3)S2)S1. The third kappa shape index (κ3) is 34.8. The van der Waals surface area contributed by atoms with Crippen LogP contribution in [0.15, 0.2) is 84.9 Å². The first-order chi connectivity index (χ1) is 41.5. The van der Waals surface area contributed by atoms with Crippen LogP contribution in [0.5, 0.6) is 0 Å². The second-order valence-electron chi connectivity index (χ2n) is 23.1.